The Morgan fingerprint density at radius 2 is 1.90 bits per heavy atom. The molecule has 1 aliphatic heterocycles. The Balaban J connectivity index is 1.81. The van der Waals surface area contributed by atoms with E-state index in [9.17, 15) is 8.78 Å². The number of benzene rings is 1. The molecule has 2 N–H and O–H groups in total. The molecule has 6 nitrogen and oxygen atoms in total. The van der Waals surface area contributed by atoms with Gasteiger partial charge in [0, 0.05) is 56.9 Å². The van der Waals surface area contributed by atoms with E-state index in [-0.39, 0.29) is 12.1 Å². The summed E-state index contributed by atoms with van der Waals surface area (Å²) in [5.41, 5.74) is 4.07. The van der Waals surface area contributed by atoms with Crippen molar-refractivity contribution >= 4 is 11.0 Å². The van der Waals surface area contributed by atoms with Gasteiger partial charge in [-0.1, -0.05) is 6.07 Å². The van der Waals surface area contributed by atoms with Gasteiger partial charge in [-0.15, -0.1) is 0 Å². The molecular weight excluding hydrogens is 374 g/mol. The molecule has 0 atom stereocenters. The van der Waals surface area contributed by atoms with Crippen LogP contribution in [0.5, 0.6) is 0 Å². The number of hydrogen-bond donors (Lipinski definition) is 2. The van der Waals surface area contributed by atoms with Crippen molar-refractivity contribution in [2.75, 3.05) is 40.3 Å². The van der Waals surface area contributed by atoms with Gasteiger partial charge in [-0.05, 0) is 38.7 Å². The van der Waals surface area contributed by atoms with Crippen LogP contribution in [0.1, 0.15) is 12.5 Å². The molecular formula is C21H28F2N6. The minimum Gasteiger partial charge on any atom is -0.385 e. The maximum Gasteiger partial charge on any atom is 0.263 e. The smallest absolute Gasteiger partial charge is 0.263 e. The van der Waals surface area contributed by atoms with Crippen LogP contribution in [0.3, 0.4) is 0 Å². The fraction of sp³-hybridized carbons (Fsp3) is 0.429. The van der Waals surface area contributed by atoms with E-state index < -0.39 is 6.43 Å². The number of fused-ring (bicyclic) bond motifs is 1. The lowest BCUT2D eigenvalue weighted by Gasteiger charge is -2.34. The second-order valence-electron chi connectivity index (χ2n) is 7.23. The predicted molar refractivity (Wildman–Crippen MR) is 111 cm³/mol. The lowest BCUT2D eigenvalue weighted by atomic mass is 10.1. The van der Waals surface area contributed by atoms with E-state index in [0.717, 1.165) is 23.1 Å². The zero-order valence-electron chi connectivity index (χ0n) is 17.1. The molecule has 156 valence electrons. The van der Waals surface area contributed by atoms with E-state index in [4.69, 9.17) is 0 Å². The second-order valence-corrected chi connectivity index (χ2v) is 7.23. The van der Waals surface area contributed by atoms with Gasteiger partial charge in [0.2, 0.25) is 0 Å². The molecule has 1 aliphatic rings. The number of hydrogen-bond acceptors (Lipinski definition) is 6. The van der Waals surface area contributed by atoms with Gasteiger partial charge in [0.25, 0.3) is 6.43 Å². The number of nitrogens with one attached hydrogen (secondary N) is 2. The van der Waals surface area contributed by atoms with Crippen molar-refractivity contribution in [2.45, 2.75) is 19.9 Å². The molecule has 0 bridgehead atoms. The van der Waals surface area contributed by atoms with Gasteiger partial charge in [-0.3, -0.25) is 9.97 Å². The summed E-state index contributed by atoms with van der Waals surface area (Å²) in [6, 6.07) is 5.86. The zero-order valence-corrected chi connectivity index (χ0v) is 17.1. The third-order valence-electron chi connectivity index (χ3n) is 4.89. The molecule has 29 heavy (non-hydrogen) atoms. The fourth-order valence-electron chi connectivity index (χ4n) is 3.34. The van der Waals surface area contributed by atoms with Crippen molar-refractivity contribution in [3.8, 4) is 0 Å². The number of aromatic nitrogens is 2. The van der Waals surface area contributed by atoms with Gasteiger partial charge in [0.05, 0.1) is 22.4 Å². The van der Waals surface area contributed by atoms with E-state index in [1.54, 1.807) is 18.6 Å². The molecule has 0 saturated carbocycles. The Hall–Kier alpha value is -2.74. The highest BCUT2D eigenvalue weighted by Crippen LogP contribution is 2.25. The predicted octanol–water partition coefficient (Wildman–Crippen LogP) is 2.57. The SMILES string of the molecule is CCN(CCN(C)C)C1=C(C(F)F)CNC=C1NCc1ccc2nccnc2c1. The van der Waals surface area contributed by atoms with Crippen LogP contribution in [0, 0.1) is 0 Å². The average molecular weight is 402 g/mol. The Kier molecular flexibility index (Phi) is 6.98. The van der Waals surface area contributed by atoms with Crippen LogP contribution in [0.15, 0.2) is 53.8 Å². The minimum absolute atomic E-state index is 0.125. The number of alkyl halides is 2. The van der Waals surface area contributed by atoms with Crippen molar-refractivity contribution in [3.05, 3.63) is 59.3 Å². The standard InChI is InChI=1S/C21H28F2N6/c1-4-29(10-9-28(2)3)20-16(21(22)23)13-24-14-19(20)27-12-15-5-6-17-18(11-15)26-8-7-25-17/h5-8,11,14,21,24,27H,4,9-10,12-13H2,1-3H3. The van der Waals surface area contributed by atoms with Gasteiger partial charge < -0.3 is 20.4 Å². The number of halogens is 2. The highest BCUT2D eigenvalue weighted by molar-refractivity contribution is 5.74. The molecule has 0 unspecified atom stereocenters. The van der Waals surface area contributed by atoms with E-state index >= 15 is 0 Å². The summed E-state index contributed by atoms with van der Waals surface area (Å²) in [7, 11) is 3.96. The Morgan fingerprint density at radius 1 is 1.14 bits per heavy atom. The van der Waals surface area contributed by atoms with Gasteiger partial charge in [0.15, 0.2) is 0 Å². The number of likely N-dealkylation sites (N-methyl/N-ethyl adjacent to an activating group) is 2. The van der Waals surface area contributed by atoms with Crippen LogP contribution < -0.4 is 10.6 Å². The molecule has 2 heterocycles. The average Bonchev–Trinajstić information content (AvgIpc) is 2.72. The molecule has 8 heteroatoms. The van der Waals surface area contributed by atoms with E-state index in [0.29, 0.717) is 31.0 Å². The van der Waals surface area contributed by atoms with Crippen molar-refractivity contribution in [2.24, 2.45) is 0 Å². The van der Waals surface area contributed by atoms with E-state index in [2.05, 4.69) is 25.5 Å². The van der Waals surface area contributed by atoms with E-state index in [1.807, 2.05) is 44.1 Å². The summed E-state index contributed by atoms with van der Waals surface area (Å²) in [6.07, 6.45) is 2.61. The summed E-state index contributed by atoms with van der Waals surface area (Å²) < 4.78 is 27.5. The summed E-state index contributed by atoms with van der Waals surface area (Å²) in [4.78, 5) is 12.7. The third kappa shape index (κ3) is 5.20. The number of dihydropyridines is 1. The molecule has 3 rings (SSSR count). The molecule has 0 saturated heterocycles. The summed E-state index contributed by atoms with van der Waals surface area (Å²) >= 11 is 0. The van der Waals surface area contributed by atoms with Crippen LogP contribution >= 0.6 is 0 Å². The molecule has 2 aromatic rings. The second kappa shape index (κ2) is 9.65. The Labute approximate surface area is 170 Å². The monoisotopic (exact) mass is 402 g/mol. The molecule has 1 aromatic heterocycles. The first kappa shape index (κ1) is 21.0. The summed E-state index contributed by atoms with van der Waals surface area (Å²) in [5, 5.41) is 6.33. The zero-order chi connectivity index (χ0) is 20.8. The van der Waals surface area contributed by atoms with Gasteiger partial charge >= 0.3 is 0 Å². The molecule has 0 amide bonds. The fourth-order valence-corrected chi connectivity index (χ4v) is 3.34. The number of rotatable bonds is 9. The first-order valence-corrected chi connectivity index (χ1v) is 9.78. The van der Waals surface area contributed by atoms with Crippen LogP contribution in [0.4, 0.5) is 8.78 Å². The normalized spacial score (nSPS) is 14.4. The van der Waals surface area contributed by atoms with Gasteiger partial charge in [-0.25, -0.2) is 8.78 Å². The quantitative estimate of drug-likeness (QED) is 0.673. The largest absolute Gasteiger partial charge is 0.385 e. The van der Waals surface area contributed by atoms with Gasteiger partial charge in [0.1, 0.15) is 0 Å². The highest BCUT2D eigenvalue weighted by atomic mass is 19.3. The first-order valence-electron chi connectivity index (χ1n) is 9.78. The summed E-state index contributed by atoms with van der Waals surface area (Å²) in [5.74, 6) is 0. The van der Waals surface area contributed by atoms with Crippen LogP contribution in [-0.4, -0.2) is 66.5 Å². The molecule has 0 aliphatic carbocycles. The van der Waals surface area contributed by atoms with Crippen molar-refractivity contribution < 1.29 is 8.78 Å². The lowest BCUT2D eigenvalue weighted by Crippen LogP contribution is -2.39. The van der Waals surface area contributed by atoms with Crippen molar-refractivity contribution in [1.82, 2.24) is 30.4 Å². The molecule has 0 fully saturated rings. The first-order chi connectivity index (χ1) is 14.0. The topological polar surface area (TPSA) is 56.3 Å². The lowest BCUT2D eigenvalue weighted by molar-refractivity contribution is 0.178. The highest BCUT2D eigenvalue weighted by Gasteiger charge is 2.26. The maximum absolute atomic E-state index is 13.8. The van der Waals surface area contributed by atoms with Crippen LogP contribution in [0.2, 0.25) is 0 Å². The minimum atomic E-state index is -2.51. The Morgan fingerprint density at radius 3 is 2.59 bits per heavy atom. The molecule has 0 radical (unpaired) electrons. The van der Waals surface area contributed by atoms with Gasteiger partial charge in [-0.2, -0.15) is 0 Å². The third-order valence-corrected chi connectivity index (χ3v) is 4.89. The maximum atomic E-state index is 13.8. The van der Waals surface area contributed by atoms with Crippen LogP contribution in [0.25, 0.3) is 11.0 Å². The Bertz CT molecular complexity index is 894. The number of nitrogens with zero attached hydrogens (tertiary/aromatic N) is 4. The summed E-state index contributed by atoms with van der Waals surface area (Å²) in [6.45, 7) is 4.78. The molecule has 0 spiro atoms. The van der Waals surface area contributed by atoms with E-state index in [1.165, 1.54) is 0 Å². The van der Waals surface area contributed by atoms with Crippen LogP contribution in [-0.2, 0) is 6.54 Å². The van der Waals surface area contributed by atoms with Crippen molar-refractivity contribution in [1.29, 1.82) is 0 Å². The molecule has 1 aromatic carbocycles. The van der Waals surface area contributed by atoms with Crippen molar-refractivity contribution in [3.63, 3.8) is 0 Å².